The van der Waals surface area contributed by atoms with Crippen LogP contribution in [0.1, 0.15) is 22.7 Å². The number of carbonyl (C=O) groups excluding carboxylic acids is 2. The minimum atomic E-state index is -0.759. The number of methoxy groups -OCH3 is 3. The first-order chi connectivity index (χ1) is 17.0. The number of rotatable bonds is 8. The number of aliphatic hydroxyl groups excluding tert-OH is 1. The quantitative estimate of drug-likeness (QED) is 0.297. The van der Waals surface area contributed by atoms with Crippen molar-refractivity contribution in [2.45, 2.75) is 12.5 Å². The van der Waals surface area contributed by atoms with Crippen molar-refractivity contribution in [3.63, 3.8) is 0 Å². The number of aliphatic hydroxyl groups is 1. The average molecular weight is 474 g/mol. The minimum absolute atomic E-state index is 0.0572. The van der Waals surface area contributed by atoms with E-state index in [4.69, 9.17) is 14.2 Å². The Balaban J connectivity index is 1.75. The van der Waals surface area contributed by atoms with Gasteiger partial charge >= 0.3 is 0 Å². The van der Waals surface area contributed by atoms with Gasteiger partial charge in [0.25, 0.3) is 11.7 Å². The van der Waals surface area contributed by atoms with Gasteiger partial charge in [-0.15, -0.1) is 0 Å². The molecule has 180 valence electrons. The van der Waals surface area contributed by atoms with Crippen LogP contribution in [-0.2, 0) is 16.0 Å². The molecule has 0 aliphatic carbocycles. The highest BCUT2D eigenvalue weighted by Crippen LogP contribution is 2.40. The Morgan fingerprint density at radius 2 is 1.60 bits per heavy atom. The van der Waals surface area contributed by atoms with Crippen LogP contribution in [-0.4, -0.2) is 49.6 Å². The minimum Gasteiger partial charge on any atom is -0.507 e. The summed E-state index contributed by atoms with van der Waals surface area (Å²) in [5.41, 5.74) is 2.12. The molecule has 1 saturated heterocycles. The topological polar surface area (TPSA) is 85.3 Å². The monoisotopic (exact) mass is 473 g/mol. The van der Waals surface area contributed by atoms with Crippen LogP contribution in [0.15, 0.2) is 78.4 Å². The van der Waals surface area contributed by atoms with Crippen LogP contribution >= 0.6 is 0 Å². The highest BCUT2D eigenvalue weighted by Gasteiger charge is 2.45. The first-order valence-corrected chi connectivity index (χ1v) is 11.2. The highest BCUT2D eigenvalue weighted by atomic mass is 16.5. The van der Waals surface area contributed by atoms with Gasteiger partial charge in [0.1, 0.15) is 11.5 Å². The predicted octanol–water partition coefficient (Wildman–Crippen LogP) is 4.38. The second-order valence-corrected chi connectivity index (χ2v) is 8.07. The summed E-state index contributed by atoms with van der Waals surface area (Å²) >= 11 is 0. The Bertz CT molecular complexity index is 1270. The maximum Gasteiger partial charge on any atom is 0.295 e. The van der Waals surface area contributed by atoms with Gasteiger partial charge in [0.15, 0.2) is 11.5 Å². The SMILES string of the molecule is COc1cccc([C@@H]2C(=C(O)c3ccccc3)C(=O)C(=O)N2CCc2ccc(OC)c(OC)c2)c1. The van der Waals surface area contributed by atoms with Gasteiger partial charge in [0.2, 0.25) is 0 Å². The Kier molecular flexibility index (Phi) is 7.06. The molecule has 7 nitrogen and oxygen atoms in total. The smallest absolute Gasteiger partial charge is 0.295 e. The van der Waals surface area contributed by atoms with E-state index in [1.807, 2.05) is 24.3 Å². The molecule has 3 aromatic carbocycles. The van der Waals surface area contributed by atoms with E-state index >= 15 is 0 Å². The summed E-state index contributed by atoms with van der Waals surface area (Å²) in [5.74, 6) is 0.205. The van der Waals surface area contributed by atoms with Gasteiger partial charge in [-0.25, -0.2) is 0 Å². The van der Waals surface area contributed by atoms with Crippen LogP contribution in [0.5, 0.6) is 17.2 Å². The Labute approximate surface area is 204 Å². The van der Waals surface area contributed by atoms with E-state index in [0.29, 0.717) is 34.8 Å². The molecule has 0 saturated carbocycles. The summed E-state index contributed by atoms with van der Waals surface area (Å²) in [6.07, 6.45) is 0.471. The van der Waals surface area contributed by atoms with E-state index in [-0.39, 0.29) is 17.9 Å². The highest BCUT2D eigenvalue weighted by molar-refractivity contribution is 6.46. The number of benzene rings is 3. The lowest BCUT2D eigenvalue weighted by Gasteiger charge is -2.26. The van der Waals surface area contributed by atoms with E-state index in [0.717, 1.165) is 5.56 Å². The molecule has 1 N–H and O–H groups in total. The number of ketones is 1. The number of nitrogens with zero attached hydrogens (tertiary/aromatic N) is 1. The molecule has 1 amide bonds. The first-order valence-electron chi connectivity index (χ1n) is 11.2. The fraction of sp³-hybridized carbons (Fsp3) is 0.214. The molecule has 3 aromatic rings. The number of Topliss-reactive ketones (excluding diaryl/α,β-unsaturated/α-hetero) is 1. The molecule has 1 aliphatic heterocycles. The molecule has 0 bridgehead atoms. The van der Waals surface area contributed by atoms with Crippen molar-refractivity contribution in [3.05, 3.63) is 95.1 Å². The van der Waals surface area contributed by atoms with Crippen molar-refractivity contribution in [2.75, 3.05) is 27.9 Å². The standard InChI is InChI=1S/C28H27NO6/c1-33-21-11-7-10-20(17-21)25-24(26(30)19-8-5-4-6-9-19)27(31)28(32)29(25)15-14-18-12-13-22(34-2)23(16-18)35-3/h4-13,16-17,25,30H,14-15H2,1-3H3/t25-/m1/s1. The van der Waals surface area contributed by atoms with Crippen LogP contribution in [0.4, 0.5) is 0 Å². The Hall–Kier alpha value is -4.26. The molecule has 0 spiro atoms. The average Bonchev–Trinajstić information content (AvgIpc) is 3.16. The van der Waals surface area contributed by atoms with Crippen LogP contribution < -0.4 is 14.2 Å². The summed E-state index contributed by atoms with van der Waals surface area (Å²) < 4.78 is 16.1. The zero-order valence-corrected chi connectivity index (χ0v) is 19.9. The van der Waals surface area contributed by atoms with Crippen LogP contribution in [0.3, 0.4) is 0 Å². The molecular weight excluding hydrogens is 446 g/mol. The largest absolute Gasteiger partial charge is 0.507 e. The van der Waals surface area contributed by atoms with Gasteiger partial charge in [0.05, 0.1) is 32.9 Å². The molecule has 0 radical (unpaired) electrons. The third-order valence-corrected chi connectivity index (χ3v) is 6.09. The van der Waals surface area contributed by atoms with E-state index in [2.05, 4.69) is 0 Å². The van der Waals surface area contributed by atoms with Gasteiger partial charge < -0.3 is 24.2 Å². The fourth-order valence-electron chi connectivity index (χ4n) is 4.31. The maximum atomic E-state index is 13.2. The normalized spacial score (nSPS) is 16.9. The molecule has 35 heavy (non-hydrogen) atoms. The molecule has 0 aromatic heterocycles. The van der Waals surface area contributed by atoms with Gasteiger partial charge in [-0.3, -0.25) is 9.59 Å². The number of amides is 1. The van der Waals surface area contributed by atoms with Crippen LogP contribution in [0.2, 0.25) is 0 Å². The van der Waals surface area contributed by atoms with Crippen LogP contribution in [0.25, 0.3) is 5.76 Å². The molecule has 1 heterocycles. The van der Waals surface area contributed by atoms with E-state index in [1.54, 1.807) is 69.9 Å². The lowest BCUT2D eigenvalue weighted by Crippen LogP contribution is -2.31. The summed E-state index contributed by atoms with van der Waals surface area (Å²) in [6.45, 7) is 0.257. The van der Waals surface area contributed by atoms with E-state index in [1.165, 1.54) is 4.90 Å². The summed E-state index contributed by atoms with van der Waals surface area (Å²) in [6, 6.07) is 20.7. The molecular formula is C28H27NO6. The van der Waals surface area contributed by atoms with Gasteiger partial charge in [-0.1, -0.05) is 48.5 Å². The van der Waals surface area contributed by atoms with Gasteiger partial charge in [-0.05, 0) is 41.8 Å². The zero-order valence-electron chi connectivity index (χ0n) is 19.9. The third-order valence-electron chi connectivity index (χ3n) is 6.09. The molecule has 1 fully saturated rings. The summed E-state index contributed by atoms with van der Waals surface area (Å²) in [7, 11) is 4.68. The molecule has 1 atom stereocenters. The van der Waals surface area contributed by atoms with Gasteiger partial charge in [0, 0.05) is 12.1 Å². The van der Waals surface area contributed by atoms with Crippen molar-refractivity contribution in [2.24, 2.45) is 0 Å². The van der Waals surface area contributed by atoms with Crippen molar-refractivity contribution in [1.29, 1.82) is 0 Å². The van der Waals surface area contributed by atoms with Crippen molar-refractivity contribution < 1.29 is 28.9 Å². The van der Waals surface area contributed by atoms with Crippen molar-refractivity contribution >= 4 is 17.4 Å². The molecule has 4 rings (SSSR count). The predicted molar refractivity (Wildman–Crippen MR) is 132 cm³/mol. The van der Waals surface area contributed by atoms with Crippen molar-refractivity contribution in [1.82, 2.24) is 4.90 Å². The Morgan fingerprint density at radius 3 is 2.29 bits per heavy atom. The summed E-state index contributed by atoms with van der Waals surface area (Å²) in [4.78, 5) is 27.9. The summed E-state index contributed by atoms with van der Waals surface area (Å²) in [5, 5.41) is 11.1. The number of carbonyl (C=O) groups is 2. The first kappa shape index (κ1) is 23.9. The number of ether oxygens (including phenoxy) is 3. The second-order valence-electron chi connectivity index (χ2n) is 8.07. The zero-order chi connectivity index (χ0) is 24.9. The number of hydrogen-bond acceptors (Lipinski definition) is 6. The number of likely N-dealkylation sites (tertiary alicyclic amines) is 1. The van der Waals surface area contributed by atoms with E-state index < -0.39 is 17.7 Å². The van der Waals surface area contributed by atoms with Gasteiger partial charge in [-0.2, -0.15) is 0 Å². The molecule has 7 heteroatoms. The number of hydrogen-bond donors (Lipinski definition) is 1. The lowest BCUT2D eigenvalue weighted by molar-refractivity contribution is -0.139. The van der Waals surface area contributed by atoms with Crippen LogP contribution in [0, 0.1) is 0 Å². The molecule has 1 aliphatic rings. The second kappa shape index (κ2) is 10.3. The van der Waals surface area contributed by atoms with Crippen molar-refractivity contribution in [3.8, 4) is 17.2 Å². The lowest BCUT2D eigenvalue weighted by atomic mass is 9.95. The molecule has 0 unspecified atom stereocenters. The Morgan fingerprint density at radius 1 is 0.857 bits per heavy atom. The fourth-order valence-corrected chi connectivity index (χ4v) is 4.31. The third kappa shape index (κ3) is 4.71. The maximum absolute atomic E-state index is 13.2. The van der Waals surface area contributed by atoms with E-state index in [9.17, 15) is 14.7 Å².